The Bertz CT molecular complexity index is 514. The lowest BCUT2D eigenvalue weighted by atomic mass is 10.0. The molecule has 3 rings (SSSR count). The maximum atomic E-state index is 11.6. The molecule has 5 nitrogen and oxygen atoms in total. The summed E-state index contributed by atoms with van der Waals surface area (Å²) >= 11 is 0. The fourth-order valence-electron chi connectivity index (χ4n) is 2.78. The monoisotopic (exact) mass is 276 g/mol. The molecule has 5 heteroatoms. The summed E-state index contributed by atoms with van der Waals surface area (Å²) in [5.74, 6) is 0.328. The standard InChI is InChI=1S/C15H20N2O3/c1-19-15(18)10-4-5-11(16)13(8-10)17-12-6-7-20-14(12)9-2-3-9/h4-5,8-9,12,14,17H,2-3,6-7,16H2,1H3. The van der Waals surface area contributed by atoms with E-state index in [1.807, 2.05) is 0 Å². The lowest BCUT2D eigenvalue weighted by molar-refractivity contribution is 0.0601. The molecule has 1 saturated heterocycles. The molecule has 1 aliphatic heterocycles. The van der Waals surface area contributed by atoms with E-state index < -0.39 is 0 Å². The Morgan fingerprint density at radius 1 is 1.40 bits per heavy atom. The van der Waals surface area contributed by atoms with E-state index in [2.05, 4.69) is 5.32 Å². The molecular weight excluding hydrogens is 256 g/mol. The zero-order valence-corrected chi connectivity index (χ0v) is 11.6. The molecule has 20 heavy (non-hydrogen) atoms. The van der Waals surface area contributed by atoms with Crippen LogP contribution in [0.5, 0.6) is 0 Å². The summed E-state index contributed by atoms with van der Waals surface area (Å²) in [6, 6.07) is 5.44. The van der Waals surface area contributed by atoms with Crippen molar-refractivity contribution in [2.24, 2.45) is 5.92 Å². The van der Waals surface area contributed by atoms with Crippen molar-refractivity contribution in [3.05, 3.63) is 23.8 Å². The molecule has 2 unspecified atom stereocenters. The molecule has 1 aliphatic carbocycles. The van der Waals surface area contributed by atoms with Gasteiger partial charge in [0, 0.05) is 6.61 Å². The average molecular weight is 276 g/mol. The lowest BCUT2D eigenvalue weighted by Gasteiger charge is -2.21. The molecule has 1 aromatic rings. The fourth-order valence-corrected chi connectivity index (χ4v) is 2.78. The highest BCUT2D eigenvalue weighted by Crippen LogP contribution is 2.40. The first-order valence-electron chi connectivity index (χ1n) is 7.05. The fraction of sp³-hybridized carbons (Fsp3) is 0.533. The van der Waals surface area contributed by atoms with Gasteiger partial charge in [-0.15, -0.1) is 0 Å². The van der Waals surface area contributed by atoms with Crippen molar-refractivity contribution in [3.8, 4) is 0 Å². The first-order chi connectivity index (χ1) is 9.69. The molecule has 0 aromatic heterocycles. The Morgan fingerprint density at radius 3 is 2.90 bits per heavy atom. The maximum absolute atomic E-state index is 11.6. The molecule has 0 spiro atoms. The third-order valence-corrected chi connectivity index (χ3v) is 4.04. The summed E-state index contributed by atoms with van der Waals surface area (Å²) in [5, 5.41) is 3.44. The highest BCUT2D eigenvalue weighted by atomic mass is 16.5. The Morgan fingerprint density at radius 2 is 2.20 bits per heavy atom. The van der Waals surface area contributed by atoms with Gasteiger partial charge in [-0.05, 0) is 43.4 Å². The van der Waals surface area contributed by atoms with Crippen LogP contribution in [0.15, 0.2) is 18.2 Å². The number of carbonyl (C=O) groups is 1. The Hall–Kier alpha value is -1.75. The van der Waals surface area contributed by atoms with Crippen molar-refractivity contribution in [1.29, 1.82) is 0 Å². The average Bonchev–Trinajstić information content (AvgIpc) is 3.20. The van der Waals surface area contributed by atoms with Gasteiger partial charge in [0.05, 0.1) is 36.2 Å². The van der Waals surface area contributed by atoms with Crippen LogP contribution in [0, 0.1) is 5.92 Å². The number of hydrogen-bond donors (Lipinski definition) is 2. The van der Waals surface area contributed by atoms with Gasteiger partial charge in [-0.1, -0.05) is 0 Å². The summed E-state index contributed by atoms with van der Waals surface area (Å²) in [4.78, 5) is 11.6. The number of anilines is 2. The zero-order chi connectivity index (χ0) is 14.1. The van der Waals surface area contributed by atoms with Crippen molar-refractivity contribution in [1.82, 2.24) is 0 Å². The van der Waals surface area contributed by atoms with Crippen LogP contribution >= 0.6 is 0 Å². The van der Waals surface area contributed by atoms with Gasteiger partial charge in [0.25, 0.3) is 0 Å². The minimum absolute atomic E-state index is 0.274. The van der Waals surface area contributed by atoms with E-state index in [0.29, 0.717) is 17.2 Å². The van der Waals surface area contributed by atoms with Crippen LogP contribution in [-0.4, -0.2) is 31.8 Å². The van der Waals surface area contributed by atoms with Crippen LogP contribution in [0.1, 0.15) is 29.6 Å². The molecule has 1 aromatic carbocycles. The van der Waals surface area contributed by atoms with Gasteiger partial charge >= 0.3 is 5.97 Å². The second-order valence-corrected chi connectivity index (χ2v) is 5.51. The van der Waals surface area contributed by atoms with Crippen molar-refractivity contribution in [2.75, 3.05) is 24.8 Å². The topological polar surface area (TPSA) is 73.6 Å². The van der Waals surface area contributed by atoms with Crippen molar-refractivity contribution < 1.29 is 14.3 Å². The van der Waals surface area contributed by atoms with E-state index in [9.17, 15) is 4.79 Å². The molecule has 1 heterocycles. The normalized spacial score (nSPS) is 25.4. The zero-order valence-electron chi connectivity index (χ0n) is 11.6. The second-order valence-electron chi connectivity index (χ2n) is 5.51. The summed E-state index contributed by atoms with van der Waals surface area (Å²) in [7, 11) is 1.37. The summed E-state index contributed by atoms with van der Waals surface area (Å²) in [6.45, 7) is 0.787. The van der Waals surface area contributed by atoms with E-state index in [1.165, 1.54) is 20.0 Å². The Balaban J connectivity index is 1.77. The molecule has 3 N–H and O–H groups in total. The number of methoxy groups -OCH3 is 1. The van der Waals surface area contributed by atoms with Gasteiger partial charge < -0.3 is 20.5 Å². The predicted octanol–water partition coefficient (Wildman–Crippen LogP) is 2.03. The minimum Gasteiger partial charge on any atom is -0.465 e. The van der Waals surface area contributed by atoms with Gasteiger partial charge in [-0.3, -0.25) is 0 Å². The van der Waals surface area contributed by atoms with Crippen LogP contribution in [0.4, 0.5) is 11.4 Å². The highest BCUT2D eigenvalue weighted by Gasteiger charge is 2.40. The smallest absolute Gasteiger partial charge is 0.337 e. The number of esters is 1. The van der Waals surface area contributed by atoms with E-state index in [1.54, 1.807) is 18.2 Å². The molecule has 2 atom stereocenters. The molecule has 2 aliphatic rings. The highest BCUT2D eigenvalue weighted by molar-refractivity contribution is 5.92. The predicted molar refractivity (Wildman–Crippen MR) is 76.7 cm³/mol. The van der Waals surface area contributed by atoms with Gasteiger partial charge in [0.15, 0.2) is 0 Å². The van der Waals surface area contributed by atoms with Crippen molar-refractivity contribution in [3.63, 3.8) is 0 Å². The van der Waals surface area contributed by atoms with Gasteiger partial charge in [-0.2, -0.15) is 0 Å². The number of carbonyl (C=O) groups excluding carboxylic acids is 1. The molecule has 1 saturated carbocycles. The van der Waals surface area contributed by atoms with Gasteiger partial charge in [0.2, 0.25) is 0 Å². The summed E-state index contributed by atoms with van der Waals surface area (Å²) in [5.41, 5.74) is 7.92. The van der Waals surface area contributed by atoms with E-state index >= 15 is 0 Å². The molecule has 0 radical (unpaired) electrons. The number of ether oxygens (including phenoxy) is 2. The number of nitrogen functional groups attached to an aromatic ring is 1. The second kappa shape index (κ2) is 5.32. The molecule has 0 bridgehead atoms. The van der Waals surface area contributed by atoms with Crippen LogP contribution in [0.2, 0.25) is 0 Å². The number of nitrogens with one attached hydrogen (secondary N) is 1. The van der Waals surface area contributed by atoms with Crippen LogP contribution in [-0.2, 0) is 9.47 Å². The van der Waals surface area contributed by atoms with Crippen LogP contribution in [0.25, 0.3) is 0 Å². The summed E-state index contributed by atoms with van der Waals surface area (Å²) < 4.78 is 10.5. The van der Waals surface area contributed by atoms with Crippen LogP contribution in [0.3, 0.4) is 0 Å². The van der Waals surface area contributed by atoms with E-state index in [4.69, 9.17) is 15.2 Å². The third-order valence-electron chi connectivity index (χ3n) is 4.04. The molecule has 108 valence electrons. The van der Waals surface area contributed by atoms with Gasteiger partial charge in [0.1, 0.15) is 0 Å². The third kappa shape index (κ3) is 2.58. The first-order valence-corrected chi connectivity index (χ1v) is 7.05. The largest absolute Gasteiger partial charge is 0.465 e. The Labute approximate surface area is 118 Å². The molecule has 2 fully saturated rings. The van der Waals surface area contributed by atoms with Crippen LogP contribution < -0.4 is 11.1 Å². The number of rotatable bonds is 4. The lowest BCUT2D eigenvalue weighted by Crippen LogP contribution is -2.31. The minimum atomic E-state index is -0.352. The van der Waals surface area contributed by atoms with E-state index in [-0.39, 0.29) is 18.1 Å². The number of hydrogen-bond acceptors (Lipinski definition) is 5. The quantitative estimate of drug-likeness (QED) is 0.650. The molecule has 0 amide bonds. The number of nitrogens with two attached hydrogens (primary N) is 1. The molecular formula is C15H20N2O3. The SMILES string of the molecule is COC(=O)c1ccc(N)c(NC2CCOC2C2CC2)c1. The van der Waals surface area contributed by atoms with E-state index in [0.717, 1.165) is 18.7 Å². The Kier molecular flexibility index (Phi) is 3.53. The van der Waals surface area contributed by atoms with Crippen molar-refractivity contribution >= 4 is 17.3 Å². The summed E-state index contributed by atoms with van der Waals surface area (Å²) in [6.07, 6.45) is 3.75. The first kappa shape index (κ1) is 13.2. The maximum Gasteiger partial charge on any atom is 0.337 e. The number of benzene rings is 1. The van der Waals surface area contributed by atoms with Gasteiger partial charge in [-0.25, -0.2) is 4.79 Å². The van der Waals surface area contributed by atoms with Crippen molar-refractivity contribution in [2.45, 2.75) is 31.4 Å².